The number of carbonyl (C=O) groups excluding carboxylic acids is 1. The molecule has 2 aliphatic heterocycles. The number of halogens is 1. The molecule has 2 aliphatic rings. The van der Waals surface area contributed by atoms with Gasteiger partial charge >= 0.3 is 0 Å². The van der Waals surface area contributed by atoms with Crippen LogP contribution < -0.4 is 15.0 Å². The van der Waals surface area contributed by atoms with Crippen LogP contribution in [0, 0.1) is 11.7 Å². The van der Waals surface area contributed by atoms with E-state index in [0.717, 1.165) is 37.4 Å². The van der Waals surface area contributed by atoms with Gasteiger partial charge in [-0.15, -0.1) is 0 Å². The Bertz CT molecular complexity index is 1130. The molecule has 2 heterocycles. The Balaban J connectivity index is 1.38. The van der Waals surface area contributed by atoms with Crippen molar-refractivity contribution in [1.82, 2.24) is 4.90 Å². The maximum Gasteiger partial charge on any atom is 0.229 e. The molecule has 1 fully saturated rings. The molecule has 0 aromatic heterocycles. The number of benzene rings is 3. The summed E-state index contributed by atoms with van der Waals surface area (Å²) in [6.45, 7) is 3.27. The van der Waals surface area contributed by atoms with Crippen LogP contribution in [0.15, 0.2) is 72.8 Å². The summed E-state index contributed by atoms with van der Waals surface area (Å²) in [7, 11) is 1.62. The van der Waals surface area contributed by atoms with E-state index in [0.29, 0.717) is 12.2 Å². The summed E-state index contributed by atoms with van der Waals surface area (Å²) in [6.07, 6.45) is 0.706. The predicted molar refractivity (Wildman–Crippen MR) is 128 cm³/mol. The third-order valence-electron chi connectivity index (χ3n) is 6.70. The fourth-order valence-corrected chi connectivity index (χ4v) is 5.04. The number of amides is 1. The molecular formula is C27H28FN3O2. The summed E-state index contributed by atoms with van der Waals surface area (Å²) < 4.78 is 18.6. The molecule has 170 valence electrons. The van der Waals surface area contributed by atoms with E-state index in [1.54, 1.807) is 7.11 Å². The molecule has 0 saturated carbocycles. The van der Waals surface area contributed by atoms with Gasteiger partial charge in [0.1, 0.15) is 11.6 Å². The number of anilines is 2. The lowest BCUT2D eigenvalue weighted by Gasteiger charge is -2.49. The van der Waals surface area contributed by atoms with Gasteiger partial charge in [0, 0.05) is 43.6 Å². The first kappa shape index (κ1) is 21.5. The van der Waals surface area contributed by atoms with E-state index in [1.165, 1.54) is 23.4 Å². The topological polar surface area (TPSA) is 44.8 Å². The van der Waals surface area contributed by atoms with Gasteiger partial charge < -0.3 is 15.0 Å². The van der Waals surface area contributed by atoms with Crippen LogP contribution in [0.4, 0.5) is 15.8 Å². The average molecular weight is 446 g/mol. The Morgan fingerprint density at radius 2 is 1.88 bits per heavy atom. The van der Waals surface area contributed by atoms with Crippen molar-refractivity contribution in [2.75, 3.05) is 37.0 Å². The normalized spacial score (nSPS) is 20.0. The second kappa shape index (κ2) is 9.24. The van der Waals surface area contributed by atoms with Crippen molar-refractivity contribution in [3.05, 3.63) is 89.7 Å². The Kier molecular flexibility index (Phi) is 6.01. The maximum atomic E-state index is 13.5. The number of nitrogens with zero attached hydrogens (tertiary/aromatic N) is 2. The quantitative estimate of drug-likeness (QED) is 0.635. The Labute approximate surface area is 193 Å². The van der Waals surface area contributed by atoms with Crippen LogP contribution in [0.2, 0.25) is 0 Å². The average Bonchev–Trinajstić information content (AvgIpc) is 2.85. The molecule has 33 heavy (non-hydrogen) atoms. The molecule has 1 saturated heterocycles. The lowest BCUT2D eigenvalue weighted by molar-refractivity contribution is -0.121. The molecule has 0 aliphatic carbocycles. The van der Waals surface area contributed by atoms with E-state index < -0.39 is 0 Å². The number of para-hydroxylation sites is 1. The number of piperazine rings is 1. The summed E-state index contributed by atoms with van der Waals surface area (Å²) in [5, 5.41) is 3.12. The van der Waals surface area contributed by atoms with Gasteiger partial charge in [0.15, 0.2) is 0 Å². The molecular weight excluding hydrogens is 417 g/mol. The van der Waals surface area contributed by atoms with Crippen LogP contribution in [0.1, 0.15) is 11.1 Å². The molecule has 1 N–H and O–H groups in total. The van der Waals surface area contributed by atoms with Crippen molar-refractivity contribution in [2.45, 2.75) is 19.0 Å². The first-order valence-corrected chi connectivity index (χ1v) is 11.4. The van der Waals surface area contributed by atoms with E-state index in [4.69, 9.17) is 4.74 Å². The molecule has 1 amide bonds. The van der Waals surface area contributed by atoms with Crippen molar-refractivity contribution in [3.63, 3.8) is 0 Å². The summed E-state index contributed by atoms with van der Waals surface area (Å²) in [5.41, 5.74) is 4.27. The van der Waals surface area contributed by atoms with Gasteiger partial charge in [-0.2, -0.15) is 0 Å². The SMILES string of the molecule is COc1cccc(NC(=O)[C@@H]2Cc3ccccc3N3CCN(Cc4ccc(F)cc4)C[C@H]23)c1. The Morgan fingerprint density at radius 3 is 2.70 bits per heavy atom. The third kappa shape index (κ3) is 4.57. The second-order valence-corrected chi connectivity index (χ2v) is 8.78. The van der Waals surface area contributed by atoms with Crippen molar-refractivity contribution >= 4 is 17.3 Å². The molecule has 3 aromatic carbocycles. The van der Waals surface area contributed by atoms with Crippen LogP contribution in [-0.4, -0.2) is 43.6 Å². The van der Waals surface area contributed by atoms with Crippen LogP contribution >= 0.6 is 0 Å². The third-order valence-corrected chi connectivity index (χ3v) is 6.70. The minimum atomic E-state index is -0.221. The lowest BCUT2D eigenvalue weighted by atomic mass is 9.83. The number of fused-ring (bicyclic) bond motifs is 3. The van der Waals surface area contributed by atoms with Gasteiger partial charge in [0.2, 0.25) is 5.91 Å². The van der Waals surface area contributed by atoms with Crippen molar-refractivity contribution in [1.29, 1.82) is 0 Å². The van der Waals surface area contributed by atoms with Crippen LogP contribution in [-0.2, 0) is 17.8 Å². The van der Waals surface area contributed by atoms with Crippen LogP contribution in [0.5, 0.6) is 5.75 Å². The molecule has 0 unspecified atom stereocenters. The van der Waals surface area contributed by atoms with E-state index in [-0.39, 0.29) is 23.7 Å². The fourth-order valence-electron chi connectivity index (χ4n) is 5.04. The lowest BCUT2D eigenvalue weighted by Crippen LogP contribution is -2.60. The molecule has 3 aromatic rings. The second-order valence-electron chi connectivity index (χ2n) is 8.78. The number of hydrogen-bond donors (Lipinski definition) is 1. The van der Waals surface area contributed by atoms with Crippen LogP contribution in [0.25, 0.3) is 0 Å². The van der Waals surface area contributed by atoms with E-state index >= 15 is 0 Å². The number of nitrogens with one attached hydrogen (secondary N) is 1. The Hall–Kier alpha value is -3.38. The zero-order valence-corrected chi connectivity index (χ0v) is 18.7. The zero-order chi connectivity index (χ0) is 22.8. The number of methoxy groups -OCH3 is 1. The summed E-state index contributed by atoms with van der Waals surface area (Å²) >= 11 is 0. The molecule has 2 atom stereocenters. The number of carbonyl (C=O) groups is 1. The molecule has 0 spiro atoms. The highest BCUT2D eigenvalue weighted by Gasteiger charge is 2.41. The number of rotatable bonds is 5. The molecule has 5 rings (SSSR count). The highest BCUT2D eigenvalue weighted by Crippen LogP contribution is 2.36. The van der Waals surface area contributed by atoms with E-state index in [9.17, 15) is 9.18 Å². The molecule has 5 nitrogen and oxygen atoms in total. The van der Waals surface area contributed by atoms with Gasteiger partial charge in [-0.25, -0.2) is 4.39 Å². The van der Waals surface area contributed by atoms with Crippen molar-refractivity contribution in [2.24, 2.45) is 5.92 Å². The largest absolute Gasteiger partial charge is 0.497 e. The van der Waals surface area contributed by atoms with E-state index in [2.05, 4.69) is 33.3 Å². The van der Waals surface area contributed by atoms with E-state index in [1.807, 2.05) is 42.5 Å². The first-order chi connectivity index (χ1) is 16.1. The molecule has 0 bridgehead atoms. The number of hydrogen-bond acceptors (Lipinski definition) is 4. The fraction of sp³-hybridized carbons (Fsp3) is 0.296. The van der Waals surface area contributed by atoms with Crippen LogP contribution in [0.3, 0.4) is 0 Å². The minimum Gasteiger partial charge on any atom is -0.497 e. The highest BCUT2D eigenvalue weighted by atomic mass is 19.1. The summed E-state index contributed by atoms with van der Waals surface area (Å²) in [6, 6.07) is 22.6. The zero-order valence-electron chi connectivity index (χ0n) is 18.7. The smallest absolute Gasteiger partial charge is 0.229 e. The van der Waals surface area contributed by atoms with Gasteiger partial charge in [-0.3, -0.25) is 9.69 Å². The standard InChI is InChI=1S/C27H28FN3O2/c1-33-23-7-4-6-22(16-23)29-27(32)24-15-20-5-2-3-8-25(20)31-14-13-30(18-26(24)31)17-19-9-11-21(28)12-10-19/h2-12,16,24,26H,13-15,17-18H2,1H3,(H,29,32)/t24-,26-/m1/s1. The van der Waals surface area contributed by atoms with Gasteiger partial charge in [0.05, 0.1) is 19.1 Å². The Morgan fingerprint density at radius 1 is 1.06 bits per heavy atom. The predicted octanol–water partition coefficient (Wildman–Crippen LogP) is 4.34. The minimum absolute atomic E-state index is 0.0244. The molecule has 0 radical (unpaired) electrons. The van der Waals surface area contributed by atoms with Gasteiger partial charge in [0.25, 0.3) is 0 Å². The summed E-state index contributed by atoms with van der Waals surface area (Å²) in [4.78, 5) is 18.3. The van der Waals surface area contributed by atoms with Crippen molar-refractivity contribution in [3.8, 4) is 5.75 Å². The number of ether oxygens (including phenoxy) is 1. The van der Waals surface area contributed by atoms with Crippen molar-refractivity contribution < 1.29 is 13.9 Å². The monoisotopic (exact) mass is 445 g/mol. The van der Waals surface area contributed by atoms with Gasteiger partial charge in [-0.1, -0.05) is 36.4 Å². The molecule has 6 heteroatoms. The maximum absolute atomic E-state index is 13.5. The summed E-state index contributed by atoms with van der Waals surface area (Å²) in [5.74, 6) is 0.340. The van der Waals surface area contributed by atoms with Gasteiger partial charge in [-0.05, 0) is 47.9 Å². The highest BCUT2D eigenvalue weighted by molar-refractivity contribution is 5.94. The first-order valence-electron chi connectivity index (χ1n) is 11.4.